The van der Waals surface area contributed by atoms with Crippen LogP contribution in [0.3, 0.4) is 0 Å². The fraction of sp³-hybridized carbons (Fsp3) is 0.303. The largest absolute Gasteiger partial charge is 0.355 e. The van der Waals surface area contributed by atoms with Gasteiger partial charge in [-0.25, -0.2) is 18.7 Å². The molecule has 1 amide bonds. The molecule has 1 aromatic carbocycles. The molecule has 0 aliphatic carbocycles. The molecule has 5 rings (SSSR count). The van der Waals surface area contributed by atoms with E-state index < -0.39 is 11.5 Å². The summed E-state index contributed by atoms with van der Waals surface area (Å²) < 4.78 is 17.8. The number of hydrogen-bond donors (Lipinski definition) is 0. The average Bonchev–Trinajstić information content (AvgIpc) is 2.96. The highest BCUT2D eigenvalue weighted by Gasteiger charge is 2.34. The van der Waals surface area contributed by atoms with Gasteiger partial charge in [0.2, 0.25) is 5.91 Å². The number of hydrogen-bond acceptors (Lipinski definition) is 6. The Bertz CT molecular complexity index is 1860. The second-order valence-electron chi connectivity index (χ2n) is 12.1. The summed E-state index contributed by atoms with van der Waals surface area (Å²) in [6, 6.07) is 10.4. The van der Waals surface area contributed by atoms with Gasteiger partial charge < -0.3 is 9.80 Å². The number of carbonyl (C=O) groups is 1. The number of aromatic nitrogens is 4. The standard InChI is InChI=1S/C33H37B2FN6O2/c1-7-27(43)40-16-20(5)41(21(6)17-40)32-24-15-25(36)29(23-11-9-8-10-22(23)14-26(34)35)38-31(24)42(33(44)39-32)30-19(4)12-13-37-28(30)18(2)3/h7-15,18,20-21H,1,16-17,34-35H2,2-6H3/t20-,21-/m0/s1. The molecule has 1 aliphatic rings. The topological polar surface area (TPSA) is 84.2 Å². The third-order valence-corrected chi connectivity index (χ3v) is 8.04. The van der Waals surface area contributed by atoms with E-state index in [2.05, 4.69) is 16.5 Å². The predicted molar refractivity (Wildman–Crippen MR) is 180 cm³/mol. The minimum absolute atomic E-state index is 0.000331. The minimum Gasteiger partial charge on any atom is -0.347 e. The average molecular weight is 590 g/mol. The van der Waals surface area contributed by atoms with Gasteiger partial charge in [-0.3, -0.25) is 9.78 Å². The van der Waals surface area contributed by atoms with E-state index in [4.69, 9.17) is 4.98 Å². The highest BCUT2D eigenvalue weighted by molar-refractivity contribution is 6.50. The lowest BCUT2D eigenvalue weighted by atomic mass is 9.77. The number of amides is 1. The zero-order chi connectivity index (χ0) is 31.9. The van der Waals surface area contributed by atoms with Gasteiger partial charge in [-0.1, -0.05) is 50.8 Å². The minimum atomic E-state index is -0.530. The normalized spacial score (nSPS) is 16.8. The summed E-state index contributed by atoms with van der Waals surface area (Å²) in [4.78, 5) is 44.5. The van der Waals surface area contributed by atoms with Crippen molar-refractivity contribution in [1.82, 2.24) is 24.4 Å². The Morgan fingerprint density at radius 1 is 1.11 bits per heavy atom. The van der Waals surface area contributed by atoms with Crippen molar-refractivity contribution >= 4 is 44.5 Å². The molecule has 224 valence electrons. The lowest BCUT2D eigenvalue weighted by Gasteiger charge is -2.45. The summed E-state index contributed by atoms with van der Waals surface area (Å²) in [7, 11) is 3.97. The molecule has 0 unspecified atom stereocenters. The number of anilines is 1. The lowest BCUT2D eigenvalue weighted by Crippen LogP contribution is -2.58. The highest BCUT2D eigenvalue weighted by Crippen LogP contribution is 2.35. The number of pyridine rings is 2. The number of benzene rings is 1. The Labute approximate surface area is 259 Å². The summed E-state index contributed by atoms with van der Waals surface area (Å²) in [5, 5.41) is 1.47. The van der Waals surface area contributed by atoms with E-state index in [1.54, 1.807) is 11.1 Å². The molecule has 0 spiro atoms. The number of piperazine rings is 1. The van der Waals surface area contributed by atoms with Crippen LogP contribution in [0.25, 0.3) is 34.1 Å². The second kappa shape index (κ2) is 12.2. The molecule has 0 saturated carbocycles. The molecule has 4 aromatic rings. The van der Waals surface area contributed by atoms with Crippen molar-refractivity contribution in [2.45, 2.75) is 52.6 Å². The van der Waals surface area contributed by atoms with Gasteiger partial charge in [-0.15, -0.1) is 5.37 Å². The molecule has 2 atom stereocenters. The number of fused-ring (bicyclic) bond motifs is 1. The van der Waals surface area contributed by atoms with Crippen LogP contribution in [-0.4, -0.2) is 71.2 Å². The Kier molecular flexibility index (Phi) is 8.59. The number of aryl methyl sites for hydroxylation is 1. The predicted octanol–water partition coefficient (Wildman–Crippen LogP) is 3.59. The molecule has 0 N–H and O–H groups in total. The van der Waals surface area contributed by atoms with Crippen molar-refractivity contribution in [3.63, 3.8) is 0 Å². The maximum absolute atomic E-state index is 16.3. The molecule has 44 heavy (non-hydrogen) atoms. The van der Waals surface area contributed by atoms with E-state index in [-0.39, 0.29) is 29.6 Å². The van der Waals surface area contributed by atoms with Crippen LogP contribution in [-0.2, 0) is 4.79 Å². The molecular weight excluding hydrogens is 553 g/mol. The number of rotatable bonds is 6. The summed E-state index contributed by atoms with van der Waals surface area (Å²) in [6.07, 6.45) is 5.02. The Morgan fingerprint density at radius 2 is 1.80 bits per heavy atom. The first-order valence-corrected chi connectivity index (χ1v) is 15.0. The summed E-state index contributed by atoms with van der Waals surface area (Å²) in [5.74, 6) is -0.333. The maximum Gasteiger partial charge on any atom is 0.355 e. The molecule has 4 heterocycles. The molecular formula is C33H37B2FN6O2. The highest BCUT2D eigenvalue weighted by atomic mass is 19.1. The van der Waals surface area contributed by atoms with Crippen LogP contribution in [0.2, 0.25) is 0 Å². The first-order chi connectivity index (χ1) is 20.9. The fourth-order valence-electron chi connectivity index (χ4n) is 6.18. The van der Waals surface area contributed by atoms with E-state index in [9.17, 15) is 9.59 Å². The maximum atomic E-state index is 16.3. The molecule has 1 aliphatic heterocycles. The van der Waals surface area contributed by atoms with E-state index in [1.165, 1.54) is 16.7 Å². The zero-order valence-electron chi connectivity index (χ0n) is 26.4. The van der Waals surface area contributed by atoms with Crippen LogP contribution in [0.5, 0.6) is 0 Å². The van der Waals surface area contributed by atoms with Crippen molar-refractivity contribution in [2.75, 3.05) is 18.0 Å². The monoisotopic (exact) mass is 590 g/mol. The van der Waals surface area contributed by atoms with Crippen molar-refractivity contribution in [3.8, 4) is 16.9 Å². The number of nitrogens with zero attached hydrogens (tertiary/aromatic N) is 6. The summed E-state index contributed by atoms with van der Waals surface area (Å²) in [5.41, 5.74) is 3.51. The second-order valence-corrected chi connectivity index (χ2v) is 12.1. The van der Waals surface area contributed by atoms with Crippen LogP contribution >= 0.6 is 0 Å². The molecule has 3 aromatic heterocycles. The molecule has 0 radical (unpaired) electrons. The van der Waals surface area contributed by atoms with Crippen LogP contribution < -0.4 is 10.6 Å². The van der Waals surface area contributed by atoms with Gasteiger partial charge in [0.1, 0.15) is 33.0 Å². The Hall–Kier alpha value is -4.53. The first-order valence-electron chi connectivity index (χ1n) is 15.0. The van der Waals surface area contributed by atoms with Gasteiger partial charge in [-0.05, 0) is 56.0 Å². The van der Waals surface area contributed by atoms with Crippen LogP contribution in [0.15, 0.2) is 65.4 Å². The Balaban J connectivity index is 1.85. The molecule has 11 heteroatoms. The van der Waals surface area contributed by atoms with Gasteiger partial charge in [-0.2, -0.15) is 4.98 Å². The van der Waals surface area contributed by atoms with Crippen molar-refractivity contribution in [2.24, 2.45) is 0 Å². The van der Waals surface area contributed by atoms with E-state index in [0.717, 1.165) is 22.2 Å². The zero-order valence-corrected chi connectivity index (χ0v) is 26.4. The van der Waals surface area contributed by atoms with Crippen molar-refractivity contribution < 1.29 is 9.18 Å². The Morgan fingerprint density at radius 3 is 2.43 bits per heavy atom. The third kappa shape index (κ3) is 5.58. The summed E-state index contributed by atoms with van der Waals surface area (Å²) >= 11 is 0. The van der Waals surface area contributed by atoms with Gasteiger partial charge in [0.25, 0.3) is 0 Å². The third-order valence-electron chi connectivity index (χ3n) is 8.04. The molecule has 0 bridgehead atoms. The number of carbonyl (C=O) groups excluding carboxylic acids is 1. The smallest absolute Gasteiger partial charge is 0.347 e. The molecule has 1 fully saturated rings. The molecule has 1 saturated heterocycles. The summed E-state index contributed by atoms with van der Waals surface area (Å²) in [6.45, 7) is 14.3. The number of halogens is 1. The lowest BCUT2D eigenvalue weighted by molar-refractivity contribution is -0.127. The first kappa shape index (κ1) is 30.9. The van der Waals surface area contributed by atoms with Crippen molar-refractivity contribution in [1.29, 1.82) is 0 Å². The fourth-order valence-corrected chi connectivity index (χ4v) is 6.18. The van der Waals surface area contributed by atoms with E-state index >= 15 is 4.39 Å². The van der Waals surface area contributed by atoms with Crippen LogP contribution in [0, 0.1) is 12.7 Å². The van der Waals surface area contributed by atoms with E-state index in [1.807, 2.05) is 91.6 Å². The van der Waals surface area contributed by atoms with Gasteiger partial charge >= 0.3 is 5.69 Å². The van der Waals surface area contributed by atoms with E-state index in [0.29, 0.717) is 41.2 Å². The van der Waals surface area contributed by atoms with Crippen molar-refractivity contribution in [3.05, 3.63) is 93.7 Å². The SMILES string of the molecule is BC(B)=Cc1ccccc1-c1nc2c(cc1F)c(N1[C@@H](C)CN(C(=O)C=C)C[C@@H]1C)nc(=O)n2-c1c(C)ccnc1C(C)C. The quantitative estimate of drug-likeness (QED) is 0.252. The van der Waals surface area contributed by atoms with Gasteiger partial charge in [0.15, 0.2) is 5.65 Å². The van der Waals surface area contributed by atoms with Gasteiger partial charge in [0, 0.05) is 36.9 Å². The van der Waals surface area contributed by atoms with Crippen LogP contribution in [0.1, 0.15) is 50.4 Å². The van der Waals surface area contributed by atoms with Crippen LogP contribution in [0.4, 0.5) is 10.2 Å². The van der Waals surface area contributed by atoms with Gasteiger partial charge in [0.05, 0.1) is 16.8 Å². The molecule has 8 nitrogen and oxygen atoms in total.